The van der Waals surface area contributed by atoms with Gasteiger partial charge < -0.3 is 4.74 Å². The number of carbonyl (C=O) groups excluding carboxylic acids is 1. The van der Waals surface area contributed by atoms with Gasteiger partial charge in [-0.05, 0) is 31.4 Å². The second-order valence-electron chi connectivity index (χ2n) is 2.05. The Bertz CT molecular complexity index is 257. The predicted octanol–water partition coefficient (Wildman–Crippen LogP) is 1.63. The van der Waals surface area contributed by atoms with E-state index in [-0.39, 0.29) is 5.97 Å². The average molecular weight is 171 g/mol. The molecule has 1 aromatic rings. The molecule has 0 amide bonds. The van der Waals surface area contributed by atoms with Crippen LogP contribution in [0.4, 0.5) is 0 Å². The van der Waals surface area contributed by atoms with Gasteiger partial charge in [0.05, 0.1) is 12.3 Å². The third-order valence-electron chi connectivity index (χ3n) is 1.10. The number of hydrogen-bond donors (Lipinski definition) is 0. The van der Waals surface area contributed by atoms with E-state index in [9.17, 15) is 4.79 Å². The first-order valence-corrected chi connectivity index (χ1v) is 4.12. The summed E-state index contributed by atoms with van der Waals surface area (Å²) in [5, 5.41) is 0. The van der Waals surface area contributed by atoms with Crippen LogP contribution in [0.5, 0.6) is 0 Å². The fourth-order valence-corrected chi connectivity index (χ4v) is 1.31. The highest BCUT2D eigenvalue weighted by atomic mass is 32.1. The van der Waals surface area contributed by atoms with E-state index in [1.807, 2.05) is 6.92 Å². The van der Waals surface area contributed by atoms with Gasteiger partial charge >= 0.3 is 5.97 Å². The Hall–Kier alpha value is -0.900. The van der Waals surface area contributed by atoms with Crippen LogP contribution in [0, 0.1) is 6.92 Å². The summed E-state index contributed by atoms with van der Waals surface area (Å²) in [6, 6.07) is 1.72. The first-order valence-electron chi connectivity index (χ1n) is 3.34. The maximum absolute atomic E-state index is 11.0. The molecule has 0 aliphatic heterocycles. The molecule has 0 atom stereocenters. The highest BCUT2D eigenvalue weighted by molar-refractivity contribution is 7.08. The zero-order valence-electron chi connectivity index (χ0n) is 6.46. The van der Waals surface area contributed by atoms with Crippen LogP contribution in [0.25, 0.3) is 0 Å². The summed E-state index contributed by atoms with van der Waals surface area (Å²) < 4.78 is 8.73. The molecule has 0 saturated heterocycles. The van der Waals surface area contributed by atoms with Crippen molar-refractivity contribution in [2.24, 2.45) is 0 Å². The van der Waals surface area contributed by atoms with Gasteiger partial charge in [0.25, 0.3) is 0 Å². The van der Waals surface area contributed by atoms with E-state index >= 15 is 0 Å². The lowest BCUT2D eigenvalue weighted by Crippen LogP contribution is -2.01. The van der Waals surface area contributed by atoms with Crippen LogP contribution in [0.1, 0.15) is 22.3 Å². The molecule has 0 spiro atoms. The van der Waals surface area contributed by atoms with Gasteiger partial charge in [-0.2, -0.15) is 4.37 Å². The molecule has 1 rings (SSSR count). The van der Waals surface area contributed by atoms with Gasteiger partial charge in [-0.15, -0.1) is 0 Å². The quantitative estimate of drug-likeness (QED) is 0.635. The van der Waals surface area contributed by atoms with Crippen molar-refractivity contribution in [1.82, 2.24) is 4.37 Å². The maximum atomic E-state index is 11.0. The molecular formula is C7H9NO2S. The third kappa shape index (κ3) is 2.01. The Labute approximate surface area is 69.2 Å². The van der Waals surface area contributed by atoms with Crippen molar-refractivity contribution in [2.75, 3.05) is 6.61 Å². The molecule has 0 bridgehead atoms. The lowest BCUT2D eigenvalue weighted by molar-refractivity contribution is 0.0532. The summed E-state index contributed by atoms with van der Waals surface area (Å²) in [6.07, 6.45) is 0. The van der Waals surface area contributed by atoms with Gasteiger partial charge in [0.1, 0.15) is 4.88 Å². The van der Waals surface area contributed by atoms with E-state index < -0.39 is 0 Å². The average Bonchev–Trinajstić information content (AvgIpc) is 2.36. The molecule has 0 fully saturated rings. The van der Waals surface area contributed by atoms with Crippen molar-refractivity contribution in [3.63, 3.8) is 0 Å². The van der Waals surface area contributed by atoms with Gasteiger partial charge in [-0.3, -0.25) is 0 Å². The van der Waals surface area contributed by atoms with E-state index in [4.69, 9.17) is 4.74 Å². The largest absolute Gasteiger partial charge is 0.462 e. The van der Waals surface area contributed by atoms with E-state index in [1.165, 1.54) is 11.5 Å². The Morgan fingerprint density at radius 2 is 2.55 bits per heavy atom. The zero-order chi connectivity index (χ0) is 8.27. The lowest BCUT2D eigenvalue weighted by atomic mass is 10.4. The van der Waals surface area contributed by atoms with Gasteiger partial charge in [0.2, 0.25) is 0 Å². The number of nitrogens with zero attached hydrogens (tertiary/aromatic N) is 1. The predicted molar refractivity (Wildman–Crippen MR) is 42.8 cm³/mol. The van der Waals surface area contributed by atoms with Gasteiger partial charge in [0, 0.05) is 0 Å². The molecular weight excluding hydrogens is 162 g/mol. The summed E-state index contributed by atoms with van der Waals surface area (Å²) in [7, 11) is 0. The standard InChI is InChI=1S/C7H9NO2S/c1-3-10-7(9)6-4-5(2)8-11-6/h4H,3H2,1-2H3. The van der Waals surface area contributed by atoms with Crippen LogP contribution in [-0.2, 0) is 4.74 Å². The van der Waals surface area contributed by atoms with Crippen LogP contribution in [0.15, 0.2) is 6.07 Å². The number of ether oxygens (including phenoxy) is 1. The molecule has 1 aromatic heterocycles. The molecule has 11 heavy (non-hydrogen) atoms. The second kappa shape index (κ2) is 3.48. The zero-order valence-corrected chi connectivity index (χ0v) is 7.27. The van der Waals surface area contributed by atoms with Crippen molar-refractivity contribution in [3.05, 3.63) is 16.6 Å². The maximum Gasteiger partial charge on any atom is 0.349 e. The Morgan fingerprint density at radius 3 is 3.00 bits per heavy atom. The molecule has 0 radical (unpaired) electrons. The molecule has 0 saturated carbocycles. The number of rotatable bonds is 2. The monoisotopic (exact) mass is 171 g/mol. The Morgan fingerprint density at radius 1 is 1.82 bits per heavy atom. The lowest BCUT2D eigenvalue weighted by Gasteiger charge is -1.95. The summed E-state index contributed by atoms with van der Waals surface area (Å²) in [5.41, 5.74) is 0.859. The van der Waals surface area contributed by atoms with Crippen molar-refractivity contribution in [1.29, 1.82) is 0 Å². The molecule has 0 aromatic carbocycles. The number of aryl methyl sites for hydroxylation is 1. The van der Waals surface area contributed by atoms with Gasteiger partial charge in [-0.1, -0.05) is 0 Å². The first-order chi connectivity index (χ1) is 5.24. The second-order valence-corrected chi connectivity index (χ2v) is 2.86. The van der Waals surface area contributed by atoms with Crippen LogP contribution in [0.2, 0.25) is 0 Å². The smallest absolute Gasteiger partial charge is 0.349 e. The van der Waals surface area contributed by atoms with Gasteiger partial charge in [-0.25, -0.2) is 4.79 Å². The molecule has 0 unspecified atom stereocenters. The molecule has 1 heterocycles. The minimum absolute atomic E-state index is 0.280. The molecule has 4 heteroatoms. The summed E-state index contributed by atoms with van der Waals surface area (Å²) >= 11 is 1.17. The minimum atomic E-state index is -0.280. The Kier molecular flexibility index (Phi) is 2.59. The summed E-state index contributed by atoms with van der Waals surface area (Å²) in [5.74, 6) is -0.280. The van der Waals surface area contributed by atoms with Crippen molar-refractivity contribution < 1.29 is 9.53 Å². The fraction of sp³-hybridized carbons (Fsp3) is 0.429. The highest BCUT2D eigenvalue weighted by Gasteiger charge is 2.08. The number of esters is 1. The summed E-state index contributed by atoms with van der Waals surface area (Å²) in [6.45, 7) is 4.04. The minimum Gasteiger partial charge on any atom is -0.462 e. The molecule has 0 aliphatic carbocycles. The number of aromatic nitrogens is 1. The number of carbonyl (C=O) groups is 1. The van der Waals surface area contributed by atoms with Crippen LogP contribution in [-0.4, -0.2) is 16.9 Å². The van der Waals surface area contributed by atoms with E-state index in [2.05, 4.69) is 4.37 Å². The van der Waals surface area contributed by atoms with Crippen molar-refractivity contribution in [3.8, 4) is 0 Å². The third-order valence-corrected chi connectivity index (χ3v) is 1.97. The van der Waals surface area contributed by atoms with Crippen LogP contribution in [0.3, 0.4) is 0 Å². The van der Waals surface area contributed by atoms with Crippen LogP contribution >= 0.6 is 11.5 Å². The number of hydrogen-bond acceptors (Lipinski definition) is 4. The van der Waals surface area contributed by atoms with Gasteiger partial charge in [0.15, 0.2) is 0 Å². The first kappa shape index (κ1) is 8.20. The van der Waals surface area contributed by atoms with E-state index in [0.29, 0.717) is 11.5 Å². The molecule has 60 valence electrons. The van der Waals surface area contributed by atoms with Crippen molar-refractivity contribution in [2.45, 2.75) is 13.8 Å². The molecule has 3 nitrogen and oxygen atoms in total. The van der Waals surface area contributed by atoms with E-state index in [0.717, 1.165) is 5.69 Å². The van der Waals surface area contributed by atoms with Crippen molar-refractivity contribution >= 4 is 17.5 Å². The van der Waals surface area contributed by atoms with E-state index in [1.54, 1.807) is 13.0 Å². The molecule has 0 N–H and O–H groups in total. The fourth-order valence-electron chi connectivity index (χ4n) is 0.662. The normalized spacial score (nSPS) is 9.64. The SMILES string of the molecule is CCOC(=O)c1cc(C)ns1. The topological polar surface area (TPSA) is 39.2 Å². The van der Waals surface area contributed by atoms with Crippen LogP contribution < -0.4 is 0 Å². The Balaban J connectivity index is 2.69. The highest BCUT2D eigenvalue weighted by Crippen LogP contribution is 2.09. The molecule has 0 aliphatic rings. The summed E-state index contributed by atoms with van der Waals surface area (Å²) in [4.78, 5) is 11.6.